The van der Waals surface area contributed by atoms with Crippen molar-refractivity contribution in [3.8, 4) is 0 Å². The number of amides is 2. The molecule has 0 aromatic carbocycles. The van der Waals surface area contributed by atoms with Gasteiger partial charge in [-0.05, 0) is 25.0 Å². The third-order valence-corrected chi connectivity index (χ3v) is 4.71. The molecule has 1 atom stereocenters. The second-order valence-electron chi connectivity index (χ2n) is 6.37. The van der Waals surface area contributed by atoms with E-state index in [9.17, 15) is 14.4 Å². The Balaban J connectivity index is 1.57. The molecule has 1 aliphatic carbocycles. The van der Waals surface area contributed by atoms with Crippen molar-refractivity contribution >= 4 is 17.6 Å². The molecule has 1 N–H and O–H groups in total. The normalized spacial score (nSPS) is 22.9. The van der Waals surface area contributed by atoms with E-state index in [1.54, 1.807) is 6.07 Å². The Morgan fingerprint density at radius 3 is 2.57 bits per heavy atom. The maximum absolute atomic E-state index is 12.2. The molecule has 1 aromatic heterocycles. The van der Waals surface area contributed by atoms with Crippen LogP contribution < -0.4 is 5.32 Å². The van der Waals surface area contributed by atoms with Gasteiger partial charge in [-0.2, -0.15) is 0 Å². The van der Waals surface area contributed by atoms with Crippen LogP contribution in [0.25, 0.3) is 0 Å². The Labute approximate surface area is 135 Å². The van der Waals surface area contributed by atoms with Crippen LogP contribution in [0.5, 0.6) is 0 Å². The van der Waals surface area contributed by atoms with Crippen LogP contribution in [0.15, 0.2) is 22.8 Å². The minimum absolute atomic E-state index is 0.0208. The fourth-order valence-electron chi connectivity index (χ4n) is 3.52. The lowest BCUT2D eigenvalue weighted by molar-refractivity contribution is -0.129. The SMILES string of the molecule is O=C(N[C@H]1CC(=O)N(C2CCCCCC2)C1)C(=O)c1ccco1. The maximum Gasteiger partial charge on any atom is 0.296 e. The summed E-state index contributed by atoms with van der Waals surface area (Å²) in [6.45, 7) is 0.501. The van der Waals surface area contributed by atoms with Crippen LogP contribution in [-0.4, -0.2) is 41.1 Å². The quantitative estimate of drug-likeness (QED) is 0.522. The van der Waals surface area contributed by atoms with Crippen molar-refractivity contribution in [3.63, 3.8) is 0 Å². The smallest absolute Gasteiger partial charge is 0.296 e. The molecular formula is C17H22N2O4. The van der Waals surface area contributed by atoms with E-state index in [1.165, 1.54) is 25.2 Å². The number of Topliss-reactive ketones (excluding diaryl/α,β-unsaturated/α-hetero) is 1. The molecular weight excluding hydrogens is 296 g/mol. The summed E-state index contributed by atoms with van der Waals surface area (Å²) in [7, 11) is 0. The monoisotopic (exact) mass is 318 g/mol. The number of hydrogen-bond donors (Lipinski definition) is 1. The second kappa shape index (κ2) is 6.98. The molecule has 2 heterocycles. The van der Waals surface area contributed by atoms with Gasteiger partial charge >= 0.3 is 0 Å². The van der Waals surface area contributed by atoms with Gasteiger partial charge in [-0.1, -0.05) is 25.7 Å². The highest BCUT2D eigenvalue weighted by Crippen LogP contribution is 2.25. The topological polar surface area (TPSA) is 79.6 Å². The summed E-state index contributed by atoms with van der Waals surface area (Å²) in [5.74, 6) is -1.31. The summed E-state index contributed by atoms with van der Waals surface area (Å²) >= 11 is 0. The highest BCUT2D eigenvalue weighted by molar-refractivity contribution is 6.42. The van der Waals surface area contributed by atoms with Gasteiger partial charge in [-0.25, -0.2) is 0 Å². The molecule has 0 spiro atoms. The first-order valence-electron chi connectivity index (χ1n) is 8.33. The van der Waals surface area contributed by atoms with Crippen LogP contribution in [0.2, 0.25) is 0 Å². The molecule has 2 fully saturated rings. The van der Waals surface area contributed by atoms with Gasteiger partial charge < -0.3 is 14.6 Å². The highest BCUT2D eigenvalue weighted by atomic mass is 16.3. The van der Waals surface area contributed by atoms with Gasteiger partial charge in [0.2, 0.25) is 5.91 Å². The van der Waals surface area contributed by atoms with Gasteiger partial charge in [0.25, 0.3) is 11.7 Å². The Morgan fingerprint density at radius 2 is 1.91 bits per heavy atom. The second-order valence-corrected chi connectivity index (χ2v) is 6.37. The zero-order valence-corrected chi connectivity index (χ0v) is 13.1. The predicted molar refractivity (Wildman–Crippen MR) is 82.8 cm³/mol. The van der Waals surface area contributed by atoms with Gasteiger partial charge in [0.1, 0.15) is 0 Å². The van der Waals surface area contributed by atoms with Crippen LogP contribution in [0, 0.1) is 0 Å². The predicted octanol–water partition coefficient (Wildman–Crippen LogP) is 1.90. The van der Waals surface area contributed by atoms with Crippen LogP contribution in [-0.2, 0) is 9.59 Å². The Hall–Kier alpha value is -2.11. The molecule has 6 nitrogen and oxygen atoms in total. The molecule has 3 rings (SSSR count). The van der Waals surface area contributed by atoms with Crippen molar-refractivity contribution in [2.24, 2.45) is 0 Å². The molecule has 2 aliphatic rings. The fourth-order valence-corrected chi connectivity index (χ4v) is 3.52. The lowest BCUT2D eigenvalue weighted by Crippen LogP contribution is -2.42. The molecule has 1 aliphatic heterocycles. The van der Waals surface area contributed by atoms with E-state index in [1.807, 2.05) is 4.90 Å². The first-order chi connectivity index (χ1) is 11.1. The summed E-state index contributed by atoms with van der Waals surface area (Å²) in [6.07, 6.45) is 8.48. The minimum atomic E-state index is -0.708. The number of nitrogens with zero attached hydrogens (tertiary/aromatic N) is 1. The number of carbonyl (C=O) groups is 3. The number of carbonyl (C=O) groups excluding carboxylic acids is 3. The molecule has 0 unspecified atom stereocenters. The molecule has 6 heteroatoms. The number of nitrogens with one attached hydrogen (secondary N) is 1. The standard InChI is InChI=1S/C17H22N2O4/c20-15-10-12(11-19(15)13-6-3-1-2-4-7-13)18-17(22)16(21)14-8-5-9-23-14/h5,8-9,12-13H,1-4,6-7,10-11H2,(H,18,22)/t12-/m0/s1. The van der Waals surface area contributed by atoms with Crippen molar-refractivity contribution in [1.29, 1.82) is 0 Å². The summed E-state index contributed by atoms with van der Waals surface area (Å²) in [5, 5.41) is 2.67. The van der Waals surface area contributed by atoms with Crippen molar-refractivity contribution in [3.05, 3.63) is 24.2 Å². The molecule has 23 heavy (non-hydrogen) atoms. The largest absolute Gasteiger partial charge is 0.461 e. The lowest BCUT2D eigenvalue weighted by atomic mass is 10.1. The van der Waals surface area contributed by atoms with E-state index in [-0.39, 0.29) is 30.2 Å². The number of likely N-dealkylation sites (tertiary alicyclic amines) is 1. The Bertz CT molecular complexity index is 573. The molecule has 1 aromatic rings. The average Bonchev–Trinajstić information content (AvgIpc) is 3.10. The van der Waals surface area contributed by atoms with E-state index in [4.69, 9.17) is 4.42 Å². The third kappa shape index (κ3) is 3.63. The van der Waals surface area contributed by atoms with Crippen LogP contribution in [0.1, 0.15) is 55.5 Å². The van der Waals surface area contributed by atoms with Gasteiger partial charge in [0.05, 0.1) is 12.3 Å². The van der Waals surface area contributed by atoms with E-state index in [2.05, 4.69) is 5.32 Å². The molecule has 0 bridgehead atoms. The summed E-state index contributed by atoms with van der Waals surface area (Å²) in [6, 6.07) is 3.01. The summed E-state index contributed by atoms with van der Waals surface area (Å²) in [4.78, 5) is 38.0. The Kier molecular flexibility index (Phi) is 4.79. The number of hydrogen-bond acceptors (Lipinski definition) is 4. The average molecular weight is 318 g/mol. The van der Waals surface area contributed by atoms with Crippen molar-refractivity contribution < 1.29 is 18.8 Å². The van der Waals surface area contributed by atoms with Gasteiger partial charge in [-0.15, -0.1) is 0 Å². The molecule has 1 saturated heterocycles. The van der Waals surface area contributed by atoms with Crippen LogP contribution >= 0.6 is 0 Å². The van der Waals surface area contributed by atoms with Crippen LogP contribution in [0.3, 0.4) is 0 Å². The minimum Gasteiger partial charge on any atom is -0.461 e. The first kappa shape index (κ1) is 15.8. The van der Waals surface area contributed by atoms with E-state index in [0.29, 0.717) is 6.54 Å². The maximum atomic E-state index is 12.2. The fraction of sp³-hybridized carbons (Fsp3) is 0.588. The van der Waals surface area contributed by atoms with E-state index >= 15 is 0 Å². The zero-order valence-electron chi connectivity index (χ0n) is 13.1. The van der Waals surface area contributed by atoms with Crippen molar-refractivity contribution in [1.82, 2.24) is 10.2 Å². The summed E-state index contributed by atoms with van der Waals surface area (Å²) in [5.41, 5.74) is 0. The molecule has 2 amide bonds. The third-order valence-electron chi connectivity index (χ3n) is 4.71. The van der Waals surface area contributed by atoms with Gasteiger partial charge in [0.15, 0.2) is 5.76 Å². The van der Waals surface area contributed by atoms with Crippen molar-refractivity contribution in [2.45, 2.75) is 57.0 Å². The highest BCUT2D eigenvalue weighted by Gasteiger charge is 2.36. The lowest BCUT2D eigenvalue weighted by Gasteiger charge is -2.27. The van der Waals surface area contributed by atoms with E-state index < -0.39 is 11.7 Å². The van der Waals surface area contributed by atoms with Gasteiger partial charge in [0, 0.05) is 19.0 Å². The van der Waals surface area contributed by atoms with Gasteiger partial charge in [-0.3, -0.25) is 14.4 Å². The molecule has 124 valence electrons. The number of rotatable bonds is 4. The Morgan fingerprint density at radius 1 is 1.17 bits per heavy atom. The molecule has 1 saturated carbocycles. The molecule has 0 radical (unpaired) electrons. The first-order valence-corrected chi connectivity index (χ1v) is 8.33. The number of furan rings is 1. The summed E-state index contributed by atoms with van der Waals surface area (Å²) < 4.78 is 4.94. The zero-order chi connectivity index (χ0) is 16.2. The van der Waals surface area contributed by atoms with Crippen LogP contribution in [0.4, 0.5) is 0 Å². The number of ketones is 1. The van der Waals surface area contributed by atoms with Crippen molar-refractivity contribution in [2.75, 3.05) is 6.54 Å². The van der Waals surface area contributed by atoms with E-state index in [0.717, 1.165) is 25.7 Å².